The van der Waals surface area contributed by atoms with Crippen LogP contribution in [0.3, 0.4) is 0 Å². The summed E-state index contributed by atoms with van der Waals surface area (Å²) in [5.41, 5.74) is 1.77. The number of amides is 1. The largest absolute Gasteiger partial charge is 0.379 e. The molecule has 2 aromatic heterocycles. The molecule has 1 fully saturated rings. The number of ether oxygens (including phenoxy) is 1. The molecule has 1 amide bonds. The third kappa shape index (κ3) is 3.45. The van der Waals surface area contributed by atoms with Gasteiger partial charge in [0, 0.05) is 44.5 Å². The van der Waals surface area contributed by atoms with Crippen molar-refractivity contribution in [1.29, 1.82) is 0 Å². The fourth-order valence-corrected chi connectivity index (χ4v) is 3.54. The first-order chi connectivity index (χ1) is 12.2. The first-order valence-electron chi connectivity index (χ1n) is 8.76. The molecule has 0 aromatic carbocycles. The number of fused-ring (bicyclic) bond motifs is 1. The topological polar surface area (TPSA) is 76.6 Å². The summed E-state index contributed by atoms with van der Waals surface area (Å²) < 4.78 is 12.7. The van der Waals surface area contributed by atoms with Crippen LogP contribution in [-0.2, 0) is 17.8 Å². The van der Waals surface area contributed by atoms with Crippen LogP contribution in [0.2, 0.25) is 0 Å². The van der Waals surface area contributed by atoms with Crippen molar-refractivity contribution in [3.8, 4) is 0 Å². The lowest BCUT2D eigenvalue weighted by Gasteiger charge is -2.35. The van der Waals surface area contributed by atoms with E-state index in [0.717, 1.165) is 51.5 Å². The standard InChI is InChI=1S/C17H23N5O3/c1-13-10-16(25-19-13)17(23)21-12-15-2-4-18-22(15)5-3-14(21)11-20-6-8-24-9-7-20/h2,4,10,14H,3,5-9,11-12H2,1H3/t14-/m1/s1. The van der Waals surface area contributed by atoms with Gasteiger partial charge in [0.2, 0.25) is 5.76 Å². The number of hydrogen-bond acceptors (Lipinski definition) is 6. The highest BCUT2D eigenvalue weighted by Crippen LogP contribution is 2.21. The number of nitrogens with zero attached hydrogens (tertiary/aromatic N) is 5. The Morgan fingerprint density at radius 3 is 2.92 bits per heavy atom. The smallest absolute Gasteiger partial charge is 0.293 e. The van der Waals surface area contributed by atoms with E-state index in [0.29, 0.717) is 18.0 Å². The van der Waals surface area contributed by atoms with Crippen molar-refractivity contribution in [2.45, 2.75) is 32.5 Å². The molecule has 0 bridgehead atoms. The second-order valence-corrected chi connectivity index (χ2v) is 6.67. The van der Waals surface area contributed by atoms with Gasteiger partial charge in [-0.25, -0.2) is 0 Å². The van der Waals surface area contributed by atoms with E-state index < -0.39 is 0 Å². The van der Waals surface area contributed by atoms with E-state index in [-0.39, 0.29) is 11.9 Å². The average Bonchev–Trinajstić information content (AvgIpc) is 3.22. The number of carbonyl (C=O) groups excluding carboxylic acids is 1. The normalized spacial score (nSPS) is 21.8. The highest BCUT2D eigenvalue weighted by Gasteiger charge is 2.32. The molecule has 1 atom stereocenters. The molecule has 0 aliphatic carbocycles. The number of aryl methyl sites for hydroxylation is 2. The Kier molecular flexibility index (Phi) is 4.54. The van der Waals surface area contributed by atoms with Gasteiger partial charge in [-0.3, -0.25) is 14.4 Å². The SMILES string of the molecule is Cc1cc(C(=O)N2Cc3ccnn3CC[C@@H]2CN2CCOCC2)on1. The average molecular weight is 345 g/mol. The van der Waals surface area contributed by atoms with Crippen LogP contribution in [0.25, 0.3) is 0 Å². The lowest BCUT2D eigenvalue weighted by Crippen LogP contribution is -2.48. The van der Waals surface area contributed by atoms with Gasteiger partial charge < -0.3 is 14.2 Å². The van der Waals surface area contributed by atoms with Gasteiger partial charge in [-0.15, -0.1) is 0 Å². The molecule has 2 aromatic rings. The second kappa shape index (κ2) is 6.97. The van der Waals surface area contributed by atoms with Crippen molar-refractivity contribution >= 4 is 5.91 Å². The van der Waals surface area contributed by atoms with Gasteiger partial charge in [0.1, 0.15) is 0 Å². The highest BCUT2D eigenvalue weighted by atomic mass is 16.5. The fourth-order valence-electron chi connectivity index (χ4n) is 3.54. The third-order valence-corrected chi connectivity index (χ3v) is 4.92. The summed E-state index contributed by atoms with van der Waals surface area (Å²) in [4.78, 5) is 17.4. The number of rotatable bonds is 3. The second-order valence-electron chi connectivity index (χ2n) is 6.67. The van der Waals surface area contributed by atoms with Gasteiger partial charge in [-0.05, 0) is 19.4 Å². The maximum absolute atomic E-state index is 13.1. The predicted molar refractivity (Wildman–Crippen MR) is 89.0 cm³/mol. The van der Waals surface area contributed by atoms with E-state index in [1.165, 1.54) is 0 Å². The molecule has 0 spiro atoms. The molecule has 8 nitrogen and oxygen atoms in total. The van der Waals surface area contributed by atoms with Crippen LogP contribution >= 0.6 is 0 Å². The van der Waals surface area contributed by atoms with Crippen LogP contribution in [0.4, 0.5) is 0 Å². The summed E-state index contributed by atoms with van der Waals surface area (Å²) in [5.74, 6) is 0.200. The van der Waals surface area contributed by atoms with Crippen LogP contribution in [-0.4, -0.2) is 69.5 Å². The number of aromatic nitrogens is 3. The van der Waals surface area contributed by atoms with Crippen molar-refractivity contribution in [2.24, 2.45) is 0 Å². The zero-order chi connectivity index (χ0) is 17.2. The van der Waals surface area contributed by atoms with Crippen LogP contribution < -0.4 is 0 Å². The van der Waals surface area contributed by atoms with Crippen molar-refractivity contribution in [3.63, 3.8) is 0 Å². The molecule has 8 heteroatoms. The zero-order valence-electron chi connectivity index (χ0n) is 14.4. The molecule has 0 saturated carbocycles. The number of morpholine rings is 1. The van der Waals surface area contributed by atoms with E-state index in [9.17, 15) is 4.79 Å². The minimum atomic E-state index is -0.103. The molecule has 0 radical (unpaired) electrons. The molecule has 134 valence electrons. The molecular formula is C17H23N5O3. The summed E-state index contributed by atoms with van der Waals surface area (Å²) in [7, 11) is 0. The van der Waals surface area contributed by atoms with Gasteiger partial charge in [0.05, 0.1) is 31.1 Å². The van der Waals surface area contributed by atoms with Gasteiger partial charge in [0.25, 0.3) is 5.91 Å². The van der Waals surface area contributed by atoms with Crippen molar-refractivity contribution < 1.29 is 14.1 Å². The van der Waals surface area contributed by atoms with Gasteiger partial charge in [0.15, 0.2) is 0 Å². The monoisotopic (exact) mass is 345 g/mol. The minimum absolute atomic E-state index is 0.103. The summed E-state index contributed by atoms with van der Waals surface area (Å²) >= 11 is 0. The first kappa shape index (κ1) is 16.3. The summed E-state index contributed by atoms with van der Waals surface area (Å²) in [5, 5.41) is 8.24. The van der Waals surface area contributed by atoms with Crippen LogP contribution in [0.1, 0.15) is 28.4 Å². The van der Waals surface area contributed by atoms with Gasteiger partial charge >= 0.3 is 0 Å². The van der Waals surface area contributed by atoms with Crippen LogP contribution in [0.5, 0.6) is 0 Å². The fraction of sp³-hybridized carbons (Fsp3) is 0.588. The molecule has 4 heterocycles. The lowest BCUT2D eigenvalue weighted by atomic mass is 10.1. The van der Waals surface area contributed by atoms with Crippen LogP contribution in [0.15, 0.2) is 22.9 Å². The van der Waals surface area contributed by atoms with Gasteiger partial charge in [-0.2, -0.15) is 5.10 Å². The maximum atomic E-state index is 13.1. The third-order valence-electron chi connectivity index (χ3n) is 4.92. The van der Waals surface area contributed by atoms with Crippen LogP contribution in [0, 0.1) is 6.92 Å². The molecule has 1 saturated heterocycles. The predicted octanol–water partition coefficient (Wildman–Crippen LogP) is 0.926. The summed E-state index contributed by atoms with van der Waals surface area (Å²) in [6.07, 6.45) is 2.66. The van der Waals surface area contributed by atoms with Crippen molar-refractivity contribution in [3.05, 3.63) is 35.5 Å². The van der Waals surface area contributed by atoms with Crippen molar-refractivity contribution in [2.75, 3.05) is 32.8 Å². The highest BCUT2D eigenvalue weighted by molar-refractivity contribution is 5.91. The molecule has 25 heavy (non-hydrogen) atoms. The van der Waals surface area contributed by atoms with E-state index in [4.69, 9.17) is 9.26 Å². The molecule has 4 rings (SSSR count). The molecular weight excluding hydrogens is 322 g/mol. The van der Waals surface area contributed by atoms with Crippen molar-refractivity contribution in [1.82, 2.24) is 24.7 Å². The maximum Gasteiger partial charge on any atom is 0.293 e. The Morgan fingerprint density at radius 1 is 1.32 bits per heavy atom. The lowest BCUT2D eigenvalue weighted by molar-refractivity contribution is 0.0194. The van der Waals surface area contributed by atoms with Gasteiger partial charge in [-0.1, -0.05) is 5.16 Å². The van der Waals surface area contributed by atoms with E-state index in [2.05, 4.69) is 15.2 Å². The molecule has 2 aliphatic heterocycles. The Morgan fingerprint density at radius 2 is 2.16 bits per heavy atom. The Bertz CT molecular complexity index is 734. The quantitative estimate of drug-likeness (QED) is 0.824. The Hall–Kier alpha value is -2.19. The van der Waals surface area contributed by atoms with E-state index in [1.807, 2.05) is 22.6 Å². The number of carbonyl (C=O) groups is 1. The Balaban J connectivity index is 1.58. The minimum Gasteiger partial charge on any atom is -0.379 e. The Labute approximate surface area is 146 Å². The molecule has 2 aliphatic rings. The van der Waals surface area contributed by atoms with E-state index >= 15 is 0 Å². The molecule has 0 unspecified atom stereocenters. The zero-order valence-corrected chi connectivity index (χ0v) is 14.4. The number of hydrogen-bond donors (Lipinski definition) is 0. The van der Waals surface area contributed by atoms with E-state index in [1.54, 1.807) is 12.3 Å². The molecule has 0 N–H and O–H groups in total. The summed E-state index contributed by atoms with van der Waals surface area (Å²) in [6, 6.07) is 3.79. The summed E-state index contributed by atoms with van der Waals surface area (Å²) in [6.45, 7) is 7.34. The first-order valence-corrected chi connectivity index (χ1v) is 8.76.